The van der Waals surface area contributed by atoms with Gasteiger partial charge in [0.15, 0.2) is 0 Å². The number of methoxy groups -OCH3 is 1. The van der Waals surface area contributed by atoms with Crippen molar-refractivity contribution in [1.29, 1.82) is 0 Å². The minimum Gasteiger partial charge on any atom is -0.495 e. The van der Waals surface area contributed by atoms with Crippen molar-refractivity contribution in [3.63, 3.8) is 0 Å². The van der Waals surface area contributed by atoms with Crippen LogP contribution in [0.1, 0.15) is 5.56 Å². The number of rotatable bonds is 4. The van der Waals surface area contributed by atoms with Gasteiger partial charge in [-0.3, -0.25) is 0 Å². The van der Waals surface area contributed by atoms with E-state index < -0.39 is 10.0 Å². The zero-order valence-electron chi connectivity index (χ0n) is 14.7. The smallest absolute Gasteiger partial charge is 0.243 e. The normalized spacial score (nSPS) is 17.7. The Morgan fingerprint density at radius 2 is 1.81 bits per heavy atom. The average molecular weight is 374 g/mol. The molecule has 0 saturated carbocycles. The van der Waals surface area contributed by atoms with Gasteiger partial charge in [-0.1, -0.05) is 12.1 Å². The van der Waals surface area contributed by atoms with Gasteiger partial charge in [-0.25, -0.2) is 8.42 Å². The van der Waals surface area contributed by atoms with Crippen molar-refractivity contribution in [3.8, 4) is 11.5 Å². The summed E-state index contributed by atoms with van der Waals surface area (Å²) in [6.45, 7) is 2.79. The van der Waals surface area contributed by atoms with Crippen LogP contribution in [0.2, 0.25) is 0 Å². The van der Waals surface area contributed by atoms with E-state index >= 15 is 0 Å². The van der Waals surface area contributed by atoms with Gasteiger partial charge < -0.3 is 14.4 Å². The van der Waals surface area contributed by atoms with E-state index in [2.05, 4.69) is 4.90 Å². The second-order valence-corrected chi connectivity index (χ2v) is 8.37. The summed E-state index contributed by atoms with van der Waals surface area (Å²) in [6.07, 6.45) is 0.764. The van der Waals surface area contributed by atoms with Gasteiger partial charge >= 0.3 is 0 Å². The van der Waals surface area contributed by atoms with Gasteiger partial charge in [-0.15, -0.1) is 0 Å². The number of anilines is 1. The molecule has 138 valence electrons. The minimum atomic E-state index is -3.49. The van der Waals surface area contributed by atoms with Gasteiger partial charge in [0, 0.05) is 32.6 Å². The molecule has 0 aromatic heterocycles. The Morgan fingerprint density at radius 1 is 1.04 bits per heavy atom. The Bertz CT molecular complexity index is 906. The lowest BCUT2D eigenvalue weighted by Gasteiger charge is -2.36. The Labute approximate surface area is 154 Å². The molecule has 2 aliphatic heterocycles. The molecule has 7 heteroatoms. The van der Waals surface area contributed by atoms with Crippen LogP contribution in [0.5, 0.6) is 11.5 Å². The predicted molar refractivity (Wildman–Crippen MR) is 99.6 cm³/mol. The molecule has 0 bridgehead atoms. The van der Waals surface area contributed by atoms with E-state index in [0.29, 0.717) is 37.7 Å². The average Bonchev–Trinajstić information content (AvgIpc) is 3.16. The number of sulfonamides is 1. The summed E-state index contributed by atoms with van der Waals surface area (Å²) in [6, 6.07) is 13.0. The highest BCUT2D eigenvalue weighted by Crippen LogP contribution is 2.31. The van der Waals surface area contributed by atoms with Crippen molar-refractivity contribution >= 4 is 15.7 Å². The third-order valence-corrected chi connectivity index (χ3v) is 6.86. The highest BCUT2D eigenvalue weighted by atomic mass is 32.2. The van der Waals surface area contributed by atoms with Crippen molar-refractivity contribution in [2.24, 2.45) is 0 Å². The first-order valence-electron chi connectivity index (χ1n) is 8.73. The second-order valence-electron chi connectivity index (χ2n) is 6.43. The Hall–Kier alpha value is -2.25. The molecular weight excluding hydrogens is 352 g/mol. The van der Waals surface area contributed by atoms with Crippen LogP contribution in [0, 0.1) is 0 Å². The molecule has 0 spiro atoms. The van der Waals surface area contributed by atoms with Crippen molar-refractivity contribution in [3.05, 3.63) is 48.0 Å². The summed E-state index contributed by atoms with van der Waals surface area (Å²) in [5, 5.41) is 0. The first-order chi connectivity index (χ1) is 12.6. The molecule has 0 N–H and O–H groups in total. The molecule has 0 amide bonds. The largest absolute Gasteiger partial charge is 0.495 e. The fourth-order valence-corrected chi connectivity index (χ4v) is 5.01. The van der Waals surface area contributed by atoms with Crippen molar-refractivity contribution in [2.75, 3.05) is 44.8 Å². The monoisotopic (exact) mass is 374 g/mol. The molecule has 2 aromatic rings. The Balaban J connectivity index is 1.50. The van der Waals surface area contributed by atoms with Gasteiger partial charge in [0.25, 0.3) is 0 Å². The Kier molecular flexibility index (Phi) is 4.50. The third-order valence-electron chi connectivity index (χ3n) is 4.96. The number of piperazine rings is 1. The van der Waals surface area contributed by atoms with Crippen molar-refractivity contribution in [2.45, 2.75) is 11.3 Å². The fourth-order valence-electron chi connectivity index (χ4n) is 3.53. The van der Waals surface area contributed by atoms with E-state index in [-0.39, 0.29) is 0 Å². The summed E-state index contributed by atoms with van der Waals surface area (Å²) in [5.41, 5.74) is 1.97. The molecular formula is C19H22N2O4S. The number of ether oxygens (including phenoxy) is 2. The molecule has 2 aliphatic rings. The van der Waals surface area contributed by atoms with Crippen LogP contribution in [0.25, 0.3) is 0 Å². The first kappa shape index (κ1) is 17.2. The number of benzene rings is 2. The third kappa shape index (κ3) is 3.01. The van der Waals surface area contributed by atoms with Crippen LogP contribution < -0.4 is 14.4 Å². The molecule has 0 unspecified atom stereocenters. The van der Waals surface area contributed by atoms with Crippen LogP contribution in [0.15, 0.2) is 47.4 Å². The number of hydrogen-bond donors (Lipinski definition) is 0. The molecule has 2 heterocycles. The van der Waals surface area contributed by atoms with Gasteiger partial charge in [-0.05, 0) is 35.9 Å². The molecule has 1 saturated heterocycles. The fraction of sp³-hybridized carbons (Fsp3) is 0.368. The van der Waals surface area contributed by atoms with Crippen LogP contribution >= 0.6 is 0 Å². The SMILES string of the molecule is COc1ccccc1N1CCN(S(=O)(=O)c2ccc3c(c2)CCO3)CC1. The maximum Gasteiger partial charge on any atom is 0.243 e. The molecule has 26 heavy (non-hydrogen) atoms. The predicted octanol–water partition coefficient (Wildman–Crippen LogP) is 2.14. The summed E-state index contributed by atoms with van der Waals surface area (Å²) in [4.78, 5) is 2.52. The lowest BCUT2D eigenvalue weighted by atomic mass is 10.2. The quantitative estimate of drug-likeness (QED) is 0.821. The zero-order valence-corrected chi connectivity index (χ0v) is 15.5. The van der Waals surface area contributed by atoms with Crippen molar-refractivity contribution < 1.29 is 17.9 Å². The number of para-hydroxylation sites is 2. The highest BCUT2D eigenvalue weighted by molar-refractivity contribution is 7.89. The van der Waals surface area contributed by atoms with Gasteiger partial charge in [-0.2, -0.15) is 4.31 Å². The topological polar surface area (TPSA) is 59.1 Å². The summed E-state index contributed by atoms with van der Waals surface area (Å²) < 4.78 is 38.4. The van der Waals surface area contributed by atoms with Crippen LogP contribution in [-0.2, 0) is 16.4 Å². The first-order valence-corrected chi connectivity index (χ1v) is 10.2. The van der Waals surface area contributed by atoms with E-state index in [1.54, 1.807) is 29.6 Å². The van der Waals surface area contributed by atoms with E-state index in [9.17, 15) is 8.42 Å². The number of nitrogens with zero attached hydrogens (tertiary/aromatic N) is 2. The lowest BCUT2D eigenvalue weighted by molar-refractivity contribution is 0.356. The second kappa shape index (κ2) is 6.81. The van der Waals surface area contributed by atoms with Crippen LogP contribution in [0.4, 0.5) is 5.69 Å². The molecule has 1 fully saturated rings. The summed E-state index contributed by atoms with van der Waals surface area (Å²) in [5.74, 6) is 1.60. The van der Waals surface area contributed by atoms with E-state index in [1.165, 1.54) is 0 Å². The summed E-state index contributed by atoms with van der Waals surface area (Å²) in [7, 11) is -1.84. The molecule has 0 aliphatic carbocycles. The molecule has 2 aromatic carbocycles. The molecule has 4 rings (SSSR count). The number of hydrogen-bond acceptors (Lipinski definition) is 5. The molecule has 0 radical (unpaired) electrons. The lowest BCUT2D eigenvalue weighted by Crippen LogP contribution is -2.48. The van der Waals surface area contributed by atoms with Crippen LogP contribution in [0.3, 0.4) is 0 Å². The number of fused-ring (bicyclic) bond motifs is 1. The molecule has 6 nitrogen and oxygen atoms in total. The molecule has 0 atom stereocenters. The minimum absolute atomic E-state index is 0.354. The summed E-state index contributed by atoms with van der Waals surface area (Å²) >= 11 is 0. The van der Waals surface area contributed by atoms with E-state index in [0.717, 1.165) is 29.2 Å². The Morgan fingerprint density at radius 3 is 2.58 bits per heavy atom. The zero-order chi connectivity index (χ0) is 18.1. The van der Waals surface area contributed by atoms with Gasteiger partial charge in [0.2, 0.25) is 10.0 Å². The standard InChI is InChI=1S/C19H22N2O4S/c1-24-19-5-3-2-4-17(19)20-9-11-21(12-10-20)26(22,23)16-6-7-18-15(14-16)8-13-25-18/h2-7,14H,8-13H2,1H3. The van der Waals surface area contributed by atoms with E-state index in [4.69, 9.17) is 9.47 Å². The van der Waals surface area contributed by atoms with E-state index in [1.807, 2.05) is 24.3 Å². The highest BCUT2D eigenvalue weighted by Gasteiger charge is 2.30. The van der Waals surface area contributed by atoms with Gasteiger partial charge in [0.1, 0.15) is 11.5 Å². The van der Waals surface area contributed by atoms with Gasteiger partial charge in [0.05, 0.1) is 24.3 Å². The van der Waals surface area contributed by atoms with Crippen molar-refractivity contribution in [1.82, 2.24) is 4.31 Å². The van der Waals surface area contributed by atoms with Crippen LogP contribution in [-0.4, -0.2) is 52.6 Å². The maximum atomic E-state index is 13.0. The maximum absolute atomic E-state index is 13.0.